The summed E-state index contributed by atoms with van der Waals surface area (Å²) in [7, 11) is 0. The molecule has 0 bridgehead atoms. The van der Waals surface area contributed by atoms with Gasteiger partial charge in [-0.3, -0.25) is 4.79 Å². The van der Waals surface area contributed by atoms with E-state index in [1.165, 1.54) is 44.3 Å². The third kappa shape index (κ3) is 5.19. The number of hydrogen-bond acceptors (Lipinski definition) is 3. The van der Waals surface area contributed by atoms with Crippen molar-refractivity contribution in [2.75, 3.05) is 24.6 Å². The molecule has 2 N–H and O–H groups in total. The Morgan fingerprint density at radius 3 is 2.83 bits per heavy atom. The lowest BCUT2D eigenvalue weighted by atomic mass is 9.87. The molecule has 0 aromatic rings. The van der Waals surface area contributed by atoms with Crippen LogP contribution < -0.4 is 10.6 Å². The summed E-state index contributed by atoms with van der Waals surface area (Å²) in [5, 5.41) is 6.50. The van der Waals surface area contributed by atoms with Gasteiger partial charge in [-0.15, -0.1) is 0 Å². The number of carbonyl (C=O) groups is 1. The molecule has 1 aliphatic carbocycles. The quantitative estimate of drug-likeness (QED) is 0.804. The highest BCUT2D eigenvalue weighted by molar-refractivity contribution is 7.99. The van der Waals surface area contributed by atoms with E-state index in [4.69, 9.17) is 0 Å². The van der Waals surface area contributed by atoms with Gasteiger partial charge in [0.25, 0.3) is 0 Å². The molecule has 4 heteroatoms. The molecule has 1 saturated heterocycles. The maximum absolute atomic E-state index is 11.8. The van der Waals surface area contributed by atoms with Crippen LogP contribution >= 0.6 is 11.8 Å². The summed E-state index contributed by atoms with van der Waals surface area (Å²) in [6.07, 6.45) is 8.77. The summed E-state index contributed by atoms with van der Waals surface area (Å²) >= 11 is 1.95. The second-order valence-corrected chi connectivity index (χ2v) is 6.72. The molecule has 1 unspecified atom stereocenters. The van der Waals surface area contributed by atoms with Crippen molar-refractivity contribution in [1.29, 1.82) is 0 Å². The highest BCUT2D eigenvalue weighted by atomic mass is 32.2. The van der Waals surface area contributed by atoms with E-state index in [-0.39, 0.29) is 5.91 Å². The average Bonchev–Trinajstić information content (AvgIpc) is 2.41. The van der Waals surface area contributed by atoms with Gasteiger partial charge in [-0.25, -0.2) is 0 Å². The van der Waals surface area contributed by atoms with Crippen LogP contribution in [0.2, 0.25) is 0 Å². The maximum atomic E-state index is 11.8. The first-order valence-electron chi connectivity index (χ1n) is 7.42. The fourth-order valence-electron chi connectivity index (χ4n) is 2.94. The standard InChI is InChI=1S/C14H26N2OS/c17-14(10-13-11-18-9-8-15-13)16-7-6-12-4-2-1-3-5-12/h12-13,15H,1-11H2,(H,16,17). The zero-order valence-corrected chi connectivity index (χ0v) is 12.1. The fourth-order valence-corrected chi connectivity index (χ4v) is 3.89. The van der Waals surface area contributed by atoms with Gasteiger partial charge < -0.3 is 10.6 Å². The highest BCUT2D eigenvalue weighted by Gasteiger charge is 2.17. The van der Waals surface area contributed by atoms with Crippen molar-refractivity contribution in [2.24, 2.45) is 5.92 Å². The van der Waals surface area contributed by atoms with Crippen molar-refractivity contribution in [1.82, 2.24) is 10.6 Å². The molecule has 2 fully saturated rings. The average molecular weight is 270 g/mol. The summed E-state index contributed by atoms with van der Waals surface area (Å²) in [4.78, 5) is 11.8. The van der Waals surface area contributed by atoms with E-state index in [0.717, 1.165) is 24.8 Å². The zero-order chi connectivity index (χ0) is 12.6. The first kappa shape index (κ1) is 14.2. The van der Waals surface area contributed by atoms with Crippen LogP contribution in [-0.2, 0) is 4.79 Å². The van der Waals surface area contributed by atoms with E-state index in [2.05, 4.69) is 10.6 Å². The Kier molecular flexibility index (Phi) is 6.35. The summed E-state index contributed by atoms with van der Waals surface area (Å²) in [5.41, 5.74) is 0. The SMILES string of the molecule is O=C(CC1CSCCN1)NCCC1CCCCC1. The summed E-state index contributed by atoms with van der Waals surface area (Å²) in [6, 6.07) is 0.387. The Morgan fingerprint density at radius 2 is 2.11 bits per heavy atom. The Morgan fingerprint density at radius 1 is 1.28 bits per heavy atom. The predicted molar refractivity (Wildman–Crippen MR) is 77.9 cm³/mol. The molecule has 1 saturated carbocycles. The van der Waals surface area contributed by atoms with Gasteiger partial charge in [-0.2, -0.15) is 11.8 Å². The largest absolute Gasteiger partial charge is 0.356 e. The lowest BCUT2D eigenvalue weighted by Crippen LogP contribution is -2.41. The van der Waals surface area contributed by atoms with Crippen molar-refractivity contribution in [3.8, 4) is 0 Å². The van der Waals surface area contributed by atoms with E-state index >= 15 is 0 Å². The summed E-state index contributed by atoms with van der Waals surface area (Å²) in [6.45, 7) is 1.92. The lowest BCUT2D eigenvalue weighted by molar-refractivity contribution is -0.121. The second kappa shape index (κ2) is 8.05. The summed E-state index contributed by atoms with van der Waals surface area (Å²) in [5.74, 6) is 3.35. The molecular formula is C14H26N2OS. The number of hydrogen-bond donors (Lipinski definition) is 2. The zero-order valence-electron chi connectivity index (χ0n) is 11.2. The molecule has 2 rings (SSSR count). The molecule has 18 heavy (non-hydrogen) atoms. The van der Waals surface area contributed by atoms with Gasteiger partial charge in [0.05, 0.1) is 0 Å². The van der Waals surface area contributed by atoms with E-state index < -0.39 is 0 Å². The number of carbonyl (C=O) groups excluding carboxylic acids is 1. The Balaban J connectivity index is 1.53. The van der Waals surface area contributed by atoms with Crippen LogP contribution in [0, 0.1) is 5.92 Å². The van der Waals surface area contributed by atoms with Crippen LogP contribution in [0.5, 0.6) is 0 Å². The van der Waals surface area contributed by atoms with Crippen molar-refractivity contribution >= 4 is 17.7 Å². The topological polar surface area (TPSA) is 41.1 Å². The van der Waals surface area contributed by atoms with Crippen molar-refractivity contribution in [3.05, 3.63) is 0 Å². The predicted octanol–water partition coefficient (Wildman–Crippen LogP) is 2.17. The van der Waals surface area contributed by atoms with Crippen LogP contribution in [0.4, 0.5) is 0 Å². The highest BCUT2D eigenvalue weighted by Crippen LogP contribution is 2.25. The van der Waals surface area contributed by atoms with Gasteiger partial charge in [0, 0.05) is 37.1 Å². The third-order valence-electron chi connectivity index (χ3n) is 4.03. The fraction of sp³-hybridized carbons (Fsp3) is 0.929. The smallest absolute Gasteiger partial charge is 0.221 e. The maximum Gasteiger partial charge on any atom is 0.221 e. The lowest BCUT2D eigenvalue weighted by Gasteiger charge is -2.23. The van der Waals surface area contributed by atoms with E-state index in [9.17, 15) is 4.79 Å². The number of rotatable bonds is 5. The van der Waals surface area contributed by atoms with Crippen molar-refractivity contribution < 1.29 is 4.79 Å². The van der Waals surface area contributed by atoms with Gasteiger partial charge in [0.1, 0.15) is 0 Å². The van der Waals surface area contributed by atoms with E-state index in [0.29, 0.717) is 12.5 Å². The van der Waals surface area contributed by atoms with Crippen LogP contribution in [0.25, 0.3) is 0 Å². The number of thioether (sulfide) groups is 1. The molecule has 0 radical (unpaired) electrons. The Hall–Kier alpha value is -0.220. The molecule has 2 aliphatic rings. The monoisotopic (exact) mass is 270 g/mol. The van der Waals surface area contributed by atoms with Gasteiger partial charge in [0.2, 0.25) is 5.91 Å². The van der Waals surface area contributed by atoms with Crippen LogP contribution in [0.1, 0.15) is 44.9 Å². The van der Waals surface area contributed by atoms with E-state index in [1.807, 2.05) is 11.8 Å². The normalized spacial score (nSPS) is 25.9. The Labute approximate surface area is 115 Å². The molecule has 0 spiro atoms. The Bertz CT molecular complexity index is 248. The number of nitrogens with one attached hydrogen (secondary N) is 2. The van der Waals surface area contributed by atoms with Crippen LogP contribution in [-0.4, -0.2) is 36.5 Å². The van der Waals surface area contributed by atoms with E-state index in [1.54, 1.807) is 0 Å². The molecule has 1 heterocycles. The minimum Gasteiger partial charge on any atom is -0.356 e. The molecular weight excluding hydrogens is 244 g/mol. The minimum absolute atomic E-state index is 0.228. The summed E-state index contributed by atoms with van der Waals surface area (Å²) < 4.78 is 0. The van der Waals surface area contributed by atoms with Gasteiger partial charge in [-0.1, -0.05) is 32.1 Å². The molecule has 1 atom stereocenters. The molecule has 3 nitrogen and oxygen atoms in total. The first-order chi connectivity index (χ1) is 8.84. The third-order valence-corrected chi connectivity index (χ3v) is 5.16. The molecule has 104 valence electrons. The van der Waals surface area contributed by atoms with Crippen molar-refractivity contribution in [3.63, 3.8) is 0 Å². The van der Waals surface area contributed by atoms with Crippen LogP contribution in [0.3, 0.4) is 0 Å². The molecule has 1 amide bonds. The molecule has 1 aliphatic heterocycles. The first-order valence-corrected chi connectivity index (χ1v) is 8.58. The molecule has 0 aromatic carbocycles. The second-order valence-electron chi connectivity index (χ2n) is 5.57. The van der Waals surface area contributed by atoms with Crippen molar-refractivity contribution in [2.45, 2.75) is 51.0 Å². The number of amides is 1. The van der Waals surface area contributed by atoms with Gasteiger partial charge in [0.15, 0.2) is 0 Å². The van der Waals surface area contributed by atoms with Crippen LogP contribution in [0.15, 0.2) is 0 Å². The minimum atomic E-state index is 0.228. The van der Waals surface area contributed by atoms with Gasteiger partial charge >= 0.3 is 0 Å². The molecule has 0 aromatic heterocycles. The van der Waals surface area contributed by atoms with Gasteiger partial charge in [-0.05, 0) is 12.3 Å².